The molecule has 5 rings (SSSR count). The lowest BCUT2D eigenvalue weighted by Gasteiger charge is -2.21. The number of rotatable bonds is 11. The first kappa shape index (κ1) is 35.9. The summed E-state index contributed by atoms with van der Waals surface area (Å²) in [4.78, 5) is 57.6. The van der Waals surface area contributed by atoms with Gasteiger partial charge in [-0.25, -0.2) is 9.78 Å². The summed E-state index contributed by atoms with van der Waals surface area (Å²) in [6, 6.07) is 14.7. The second kappa shape index (κ2) is 15.4. The highest BCUT2D eigenvalue weighted by Gasteiger charge is 2.31. The van der Waals surface area contributed by atoms with Crippen molar-refractivity contribution >= 4 is 39.9 Å². The van der Waals surface area contributed by atoms with Crippen molar-refractivity contribution in [2.24, 2.45) is 5.92 Å². The molecular weight excluding hydrogens is 660 g/mol. The third kappa shape index (κ3) is 7.27. The molecule has 3 N–H and O–H groups in total. The number of anilines is 2. The zero-order valence-corrected chi connectivity index (χ0v) is 29.8. The monoisotopic (exact) mass is 700 g/mol. The molecule has 1 aromatic heterocycles. The average Bonchev–Trinajstić information content (AvgIpc) is 3.38. The molecular formula is C37H40N4O8S. The van der Waals surface area contributed by atoms with Gasteiger partial charge in [0.1, 0.15) is 6.04 Å². The molecule has 0 fully saturated rings. The number of esters is 1. The van der Waals surface area contributed by atoms with Crippen LogP contribution < -0.4 is 35.6 Å². The fourth-order valence-corrected chi connectivity index (χ4v) is 7.07. The van der Waals surface area contributed by atoms with Gasteiger partial charge in [0.25, 0.3) is 0 Å². The molecule has 3 aromatic carbocycles. The van der Waals surface area contributed by atoms with E-state index in [0.29, 0.717) is 51.7 Å². The van der Waals surface area contributed by atoms with Gasteiger partial charge in [-0.05, 0) is 59.2 Å². The summed E-state index contributed by atoms with van der Waals surface area (Å²) in [5.41, 5.74) is 3.51. The van der Waals surface area contributed by atoms with Gasteiger partial charge in [0.05, 0.1) is 45.0 Å². The van der Waals surface area contributed by atoms with Crippen LogP contribution in [0.2, 0.25) is 0 Å². The number of thiazole rings is 1. The molecule has 0 spiro atoms. The number of aryl methyl sites for hydroxylation is 1. The first-order chi connectivity index (χ1) is 24.0. The van der Waals surface area contributed by atoms with E-state index in [1.807, 2.05) is 50.2 Å². The van der Waals surface area contributed by atoms with Crippen LogP contribution in [0.25, 0.3) is 21.6 Å². The molecule has 50 heavy (non-hydrogen) atoms. The Labute approximate surface area is 294 Å². The van der Waals surface area contributed by atoms with Crippen LogP contribution in [-0.4, -0.2) is 57.2 Å². The molecule has 2 atom stereocenters. The van der Waals surface area contributed by atoms with E-state index in [9.17, 15) is 19.2 Å². The normalized spacial score (nSPS) is 14.0. The van der Waals surface area contributed by atoms with Gasteiger partial charge in [0.2, 0.25) is 23.0 Å². The largest absolute Gasteiger partial charge is 0.493 e. The molecule has 12 nitrogen and oxygen atoms in total. The Kier molecular flexibility index (Phi) is 11.1. The van der Waals surface area contributed by atoms with Gasteiger partial charge < -0.3 is 34.9 Å². The Balaban J connectivity index is 1.56. The van der Waals surface area contributed by atoms with Crippen molar-refractivity contribution in [3.8, 4) is 38.8 Å². The standard InChI is InChI=1S/C37H40N4O8S/c1-19(2)30(35(44)41-37-40-31(36(45)49-7)34(50-37)21-11-9-8-10-12-21)39-26-16-14-23-24(18-27(26)43)25(38-20(3)42)15-13-22-17-28(46-4)32(47-5)33(48-6)29(22)23/h8-12,14,16-19,25,30H,13,15H2,1-7H3,(H,38,42)(H,39,43)(H,40,41,44)/t25-,30-/m1/s1. The van der Waals surface area contributed by atoms with Crippen molar-refractivity contribution in [1.82, 2.24) is 10.3 Å². The number of nitrogens with one attached hydrogen (secondary N) is 3. The maximum absolute atomic E-state index is 13.9. The Morgan fingerprint density at radius 2 is 1.66 bits per heavy atom. The second-order valence-corrected chi connectivity index (χ2v) is 13.0. The van der Waals surface area contributed by atoms with Gasteiger partial charge in [-0.3, -0.25) is 14.4 Å². The van der Waals surface area contributed by atoms with E-state index >= 15 is 0 Å². The number of aromatic nitrogens is 1. The van der Waals surface area contributed by atoms with Gasteiger partial charge >= 0.3 is 5.97 Å². The summed E-state index contributed by atoms with van der Waals surface area (Å²) in [5.74, 6) is -0.253. The number of carbonyl (C=O) groups excluding carboxylic acids is 3. The summed E-state index contributed by atoms with van der Waals surface area (Å²) in [6.07, 6.45) is 1.07. The van der Waals surface area contributed by atoms with Crippen LogP contribution in [0.15, 0.2) is 59.4 Å². The number of methoxy groups -OCH3 is 4. The van der Waals surface area contributed by atoms with Crippen molar-refractivity contribution in [3.05, 3.63) is 81.6 Å². The fourth-order valence-electron chi connectivity index (χ4n) is 6.11. The molecule has 0 bridgehead atoms. The zero-order valence-electron chi connectivity index (χ0n) is 29.0. The van der Waals surface area contributed by atoms with E-state index < -0.39 is 24.0 Å². The third-order valence-corrected chi connectivity index (χ3v) is 9.47. The van der Waals surface area contributed by atoms with E-state index in [2.05, 4.69) is 20.9 Å². The lowest BCUT2D eigenvalue weighted by atomic mass is 9.95. The molecule has 13 heteroatoms. The molecule has 262 valence electrons. The molecule has 1 aliphatic carbocycles. The maximum Gasteiger partial charge on any atom is 0.358 e. The Morgan fingerprint density at radius 1 is 0.940 bits per heavy atom. The SMILES string of the molecule is COC(=O)c1nc(NC(=O)[C@H](Nc2ccc3c(cc2=O)[C@H](NC(C)=O)CCc2cc(OC)c(OC)c(OC)c2-3)C(C)C)sc1-c1ccccc1. The van der Waals surface area contributed by atoms with Gasteiger partial charge in [0, 0.05) is 12.5 Å². The number of amides is 2. The lowest BCUT2D eigenvalue weighted by Crippen LogP contribution is -2.39. The molecule has 0 saturated carbocycles. The Morgan fingerprint density at radius 3 is 2.28 bits per heavy atom. The van der Waals surface area contributed by atoms with Gasteiger partial charge in [0.15, 0.2) is 22.3 Å². The molecule has 0 aliphatic heterocycles. The molecule has 0 radical (unpaired) electrons. The minimum Gasteiger partial charge on any atom is -0.493 e. The van der Waals surface area contributed by atoms with Crippen molar-refractivity contribution in [2.75, 3.05) is 39.1 Å². The fraction of sp³-hybridized carbons (Fsp3) is 0.324. The Bertz CT molecular complexity index is 1980. The number of fused-ring (bicyclic) bond motifs is 3. The minimum absolute atomic E-state index is 0.0881. The molecule has 1 heterocycles. The number of benzene rings is 2. The third-order valence-electron chi connectivity index (χ3n) is 8.45. The van der Waals surface area contributed by atoms with Crippen LogP contribution in [0.5, 0.6) is 17.2 Å². The van der Waals surface area contributed by atoms with E-state index in [4.69, 9.17) is 18.9 Å². The summed E-state index contributed by atoms with van der Waals surface area (Å²) in [6.45, 7) is 5.14. The van der Waals surface area contributed by atoms with Crippen molar-refractivity contribution in [2.45, 2.75) is 45.7 Å². The number of carbonyl (C=O) groups is 3. The number of hydrogen-bond donors (Lipinski definition) is 3. The number of nitrogens with zero attached hydrogens (tertiary/aromatic N) is 1. The van der Waals surface area contributed by atoms with Crippen molar-refractivity contribution in [3.63, 3.8) is 0 Å². The van der Waals surface area contributed by atoms with Gasteiger partial charge in [-0.2, -0.15) is 0 Å². The van der Waals surface area contributed by atoms with Crippen LogP contribution >= 0.6 is 11.3 Å². The zero-order chi connectivity index (χ0) is 36.1. The summed E-state index contributed by atoms with van der Waals surface area (Å²) in [7, 11) is 5.88. The predicted molar refractivity (Wildman–Crippen MR) is 192 cm³/mol. The minimum atomic E-state index is -0.868. The van der Waals surface area contributed by atoms with Crippen LogP contribution in [0, 0.1) is 5.92 Å². The smallest absolute Gasteiger partial charge is 0.358 e. The summed E-state index contributed by atoms with van der Waals surface area (Å²) >= 11 is 1.15. The molecule has 4 aromatic rings. The van der Waals surface area contributed by atoms with E-state index in [0.717, 1.165) is 22.5 Å². The highest BCUT2D eigenvalue weighted by atomic mass is 32.1. The number of ether oxygens (including phenoxy) is 4. The van der Waals surface area contributed by atoms with Crippen molar-refractivity contribution < 1.29 is 33.3 Å². The average molecular weight is 701 g/mol. The first-order valence-electron chi connectivity index (χ1n) is 16.0. The molecule has 2 amide bonds. The second-order valence-electron chi connectivity index (χ2n) is 12.0. The van der Waals surface area contributed by atoms with E-state index in [-0.39, 0.29) is 33.8 Å². The van der Waals surface area contributed by atoms with Gasteiger partial charge in [-0.1, -0.05) is 61.6 Å². The molecule has 0 unspecified atom stereocenters. The van der Waals surface area contributed by atoms with Crippen LogP contribution in [-0.2, 0) is 20.7 Å². The summed E-state index contributed by atoms with van der Waals surface area (Å²) in [5, 5.41) is 9.20. The van der Waals surface area contributed by atoms with Gasteiger partial charge in [-0.15, -0.1) is 0 Å². The Hall–Kier alpha value is -5.43. The lowest BCUT2D eigenvalue weighted by molar-refractivity contribution is -0.120. The van der Waals surface area contributed by atoms with Crippen LogP contribution in [0.4, 0.5) is 10.8 Å². The molecule has 0 saturated heterocycles. The topological polar surface area (TPSA) is 154 Å². The van der Waals surface area contributed by atoms with Crippen LogP contribution in [0.1, 0.15) is 54.8 Å². The predicted octanol–water partition coefficient (Wildman–Crippen LogP) is 5.85. The highest BCUT2D eigenvalue weighted by molar-refractivity contribution is 7.19. The number of hydrogen-bond acceptors (Lipinski definition) is 11. The maximum atomic E-state index is 13.9. The van der Waals surface area contributed by atoms with E-state index in [1.54, 1.807) is 19.2 Å². The summed E-state index contributed by atoms with van der Waals surface area (Å²) < 4.78 is 22.1. The molecule has 1 aliphatic rings. The van der Waals surface area contributed by atoms with Crippen molar-refractivity contribution in [1.29, 1.82) is 0 Å². The van der Waals surface area contributed by atoms with E-state index in [1.165, 1.54) is 34.3 Å². The first-order valence-corrected chi connectivity index (χ1v) is 16.8. The van der Waals surface area contributed by atoms with Crippen LogP contribution in [0.3, 0.4) is 0 Å². The quantitative estimate of drug-likeness (QED) is 0.163. The highest BCUT2D eigenvalue weighted by Crippen LogP contribution is 2.50.